The Morgan fingerprint density at radius 2 is 0.599 bits per heavy atom. The average molecular weight is 2020 g/mol. The summed E-state index contributed by atoms with van der Waals surface area (Å²) in [6.07, 6.45) is 29.6. The number of rotatable bonds is 27. The number of piperazine rings is 2. The minimum Gasteiger partial charge on any atom is -0.371 e. The lowest BCUT2D eigenvalue weighted by atomic mass is 9.90. The summed E-state index contributed by atoms with van der Waals surface area (Å²) < 4.78 is 0. The number of ketones is 3. The number of anilines is 6. The molecule has 0 bridgehead atoms. The average Bonchev–Trinajstić information content (AvgIpc) is 0.822. The maximum atomic E-state index is 12.7. The van der Waals surface area contributed by atoms with Gasteiger partial charge in [-0.3, -0.25) is 133 Å². The number of amides is 15. The van der Waals surface area contributed by atoms with Crippen LogP contribution in [0.2, 0.25) is 0 Å². The van der Waals surface area contributed by atoms with Crippen LogP contribution in [0.3, 0.4) is 0 Å². The maximum Gasteiger partial charge on any atom is 0.249 e. The van der Waals surface area contributed by atoms with Crippen LogP contribution in [0.25, 0.3) is 0 Å². The second kappa shape index (κ2) is 55.6. The second-order valence-corrected chi connectivity index (χ2v) is 39.8. The van der Waals surface area contributed by atoms with Crippen molar-refractivity contribution < 1.29 is 86.3 Å². The Balaban J connectivity index is 0.000000147. The zero-order valence-corrected chi connectivity index (χ0v) is 85.0. The molecule has 15 amide bonds. The van der Waals surface area contributed by atoms with Crippen molar-refractivity contribution in [2.75, 3.05) is 155 Å². The molecule has 15 heterocycles. The number of para-hydroxylation sites is 1. The number of hydrogen-bond donors (Lipinski definition) is 8. The molecule has 6 aromatic rings. The summed E-state index contributed by atoms with van der Waals surface area (Å²) in [5, 5.41) is 20.5. The molecule has 0 spiro atoms. The molecule has 3 aromatic heterocycles. The van der Waals surface area contributed by atoms with Crippen molar-refractivity contribution in [2.24, 2.45) is 17.8 Å². The molecule has 0 aliphatic carbocycles. The Bertz CT molecular complexity index is 5420. The number of hydrogen-bond acceptors (Lipinski definition) is 29. The largest absolute Gasteiger partial charge is 0.371 e. The van der Waals surface area contributed by atoms with Crippen LogP contribution in [0.1, 0.15) is 207 Å². The highest BCUT2D eigenvalue weighted by Gasteiger charge is 2.39. The van der Waals surface area contributed by atoms with Crippen molar-refractivity contribution in [2.45, 2.75) is 230 Å². The number of imide groups is 6. The van der Waals surface area contributed by atoms with Gasteiger partial charge in [-0.25, -0.2) is 0 Å². The van der Waals surface area contributed by atoms with Crippen molar-refractivity contribution >= 4 is 140 Å². The molecule has 18 rings (SSSR count). The first-order valence-electron chi connectivity index (χ1n) is 52.4. The van der Waals surface area contributed by atoms with Gasteiger partial charge in [0.05, 0.1) is 54.4 Å². The smallest absolute Gasteiger partial charge is 0.249 e. The van der Waals surface area contributed by atoms with E-state index in [0.29, 0.717) is 77.0 Å². The third-order valence-corrected chi connectivity index (χ3v) is 29.1. The second-order valence-electron chi connectivity index (χ2n) is 39.8. The van der Waals surface area contributed by atoms with Crippen LogP contribution in [-0.4, -0.2) is 280 Å². The van der Waals surface area contributed by atoms with Crippen molar-refractivity contribution in [1.82, 2.24) is 72.2 Å². The molecular weight excluding hydrogens is 1880 g/mol. The lowest BCUT2D eigenvalue weighted by Crippen LogP contribution is -2.53. The highest BCUT2D eigenvalue weighted by molar-refractivity contribution is 6.05. The maximum absolute atomic E-state index is 12.7. The Kier molecular flexibility index (Phi) is 41.7. The molecule has 38 heteroatoms. The molecule has 12 aliphatic heterocycles. The number of pyridine rings is 3. The number of likely N-dealkylation sites (N-methyl/N-ethyl adjacent to an activating group) is 3. The highest BCUT2D eigenvalue weighted by atomic mass is 16.2. The van der Waals surface area contributed by atoms with E-state index >= 15 is 0 Å². The van der Waals surface area contributed by atoms with Crippen LogP contribution in [0.5, 0.6) is 0 Å². The molecule has 0 radical (unpaired) electrons. The number of Topliss-reactive ketones (excluding diaryl/α,β-unsaturated/α-hetero) is 3. The van der Waals surface area contributed by atoms with Crippen LogP contribution < -0.4 is 71.9 Å². The Morgan fingerprint density at radius 1 is 0.293 bits per heavy atom. The molecule has 8 N–H and O–H groups in total. The lowest BCUT2D eigenvalue weighted by Gasteiger charge is -2.32. The minimum atomic E-state index is -0.590. The summed E-state index contributed by atoms with van der Waals surface area (Å²) >= 11 is 0. The summed E-state index contributed by atoms with van der Waals surface area (Å²) in [6.45, 7) is 15.9. The fourth-order valence-corrected chi connectivity index (χ4v) is 20.6. The van der Waals surface area contributed by atoms with Crippen LogP contribution in [0, 0.1) is 17.8 Å². The van der Waals surface area contributed by atoms with Gasteiger partial charge in [-0.1, -0.05) is 42.5 Å². The summed E-state index contributed by atoms with van der Waals surface area (Å²) in [6, 6.07) is 30.1. The Morgan fingerprint density at radius 3 is 0.973 bits per heavy atom. The van der Waals surface area contributed by atoms with E-state index in [4.69, 9.17) is 0 Å². The van der Waals surface area contributed by atoms with Gasteiger partial charge in [-0.05, 0) is 198 Å². The standard InChI is InChI=1S/C19H24N2O3.3C18H24N4O3.2C18H23N3O3/c22-16(13-15-8-9-18(23)20-19(15)24)12-14-6-2-3-7-17(14)21-10-4-1-5-11-21;1-21(15-6-7-16(23)20-18(15)25)17(24)12-13-2-4-14(5-3-13)22-10-8-19-9-11-22;1-21(15-7-8-16(23)20-18(15)25)17(24)12-13-14(6-5-9-19-13)22-10-3-2-4-11-22;1-21(14-5-6-16(23)20-18(14)25)17(24)11-13-7-8-19-12-15(13)22-9-3-2-4-10-22;22-16(12-14-3-6-17(23)20-18(14)24)11-13-1-4-15(5-2-13)21-9-7-19-8-10-21;22-15(11-14-4-5-17(23)20-18(14)24)10-13-6-7-19-12-16(13)21-8-2-1-3-9-21/h2-3,6-7,15H,1,4-5,8-13H2,(H,20,23,24);2-5,15,19H,6-12H2,1H3,(H,20,23,25);5-6,9,15H,2-4,7-8,10-12H2,1H3,(H,20,23,25);7-8,12,14H,2-6,9-11H2,1H3,(H,20,23,25);1-2,4-5,14,19H,3,6-12H2,(H,20,23,24);6-7,12,14H,1-5,8-11H2,(H,20,23,24). The van der Waals surface area contributed by atoms with E-state index < -0.39 is 29.9 Å². The molecular formula is C109H142N20O18. The van der Waals surface area contributed by atoms with Gasteiger partial charge in [0, 0.05) is 256 Å². The zero-order chi connectivity index (χ0) is 104. The third kappa shape index (κ3) is 33.0. The summed E-state index contributed by atoms with van der Waals surface area (Å²) in [5.41, 5.74) is 12.1. The Hall–Kier alpha value is -13.9. The van der Waals surface area contributed by atoms with Crippen LogP contribution in [0.15, 0.2) is 128 Å². The van der Waals surface area contributed by atoms with Crippen LogP contribution in [0.4, 0.5) is 34.1 Å². The van der Waals surface area contributed by atoms with Gasteiger partial charge < -0.3 is 54.7 Å². The molecule has 12 fully saturated rings. The van der Waals surface area contributed by atoms with Crippen molar-refractivity contribution in [3.8, 4) is 0 Å². The molecule has 12 saturated heterocycles. The number of nitrogens with zero attached hydrogens (tertiary/aromatic N) is 12. The predicted molar refractivity (Wildman–Crippen MR) is 552 cm³/mol. The first kappa shape index (κ1) is 110. The Labute approximate surface area is 858 Å². The lowest BCUT2D eigenvalue weighted by molar-refractivity contribution is -0.144. The van der Waals surface area contributed by atoms with Gasteiger partial charge in [0.2, 0.25) is 88.6 Å². The van der Waals surface area contributed by atoms with E-state index in [-0.39, 0.29) is 170 Å². The predicted octanol–water partition coefficient (Wildman–Crippen LogP) is 6.17. The fraction of sp³-hybridized carbons (Fsp3) is 0.532. The number of nitrogens with one attached hydrogen (secondary N) is 8. The first-order valence-corrected chi connectivity index (χ1v) is 52.4. The van der Waals surface area contributed by atoms with Crippen molar-refractivity contribution in [1.29, 1.82) is 0 Å². The van der Waals surface area contributed by atoms with Gasteiger partial charge >= 0.3 is 0 Å². The number of aromatic nitrogens is 3. The van der Waals surface area contributed by atoms with E-state index in [0.717, 1.165) is 192 Å². The van der Waals surface area contributed by atoms with E-state index in [1.54, 1.807) is 39.7 Å². The molecule has 786 valence electrons. The molecule has 6 atom stereocenters. The van der Waals surface area contributed by atoms with Crippen molar-refractivity contribution in [3.63, 3.8) is 0 Å². The van der Waals surface area contributed by atoms with E-state index in [9.17, 15) is 86.3 Å². The van der Waals surface area contributed by atoms with Gasteiger partial charge in [0.15, 0.2) is 0 Å². The van der Waals surface area contributed by atoms with Gasteiger partial charge in [-0.2, -0.15) is 0 Å². The van der Waals surface area contributed by atoms with Crippen LogP contribution in [-0.2, 0) is 125 Å². The van der Waals surface area contributed by atoms with Gasteiger partial charge in [0.1, 0.15) is 35.5 Å². The molecule has 12 aliphatic rings. The monoisotopic (exact) mass is 2020 g/mol. The van der Waals surface area contributed by atoms with Crippen molar-refractivity contribution in [3.05, 3.63) is 162 Å². The normalized spacial score (nSPS) is 21.2. The fourth-order valence-electron chi connectivity index (χ4n) is 20.6. The molecule has 147 heavy (non-hydrogen) atoms. The van der Waals surface area contributed by atoms with E-state index in [2.05, 4.69) is 105 Å². The SMILES string of the molecule is CN(C(=O)Cc1ccc(N2CCNCC2)cc1)C1CCC(=O)NC1=O.CN(C(=O)Cc1ccncc1N1CCCCC1)C1CCC(=O)NC1=O.CN(C(=O)Cc1ncccc1N1CCCCC1)C1CCC(=O)NC1=O.O=C(Cc1ccc(N2CCNCC2)cc1)CC1CCC(=O)NC1=O.O=C(Cc1ccccc1N1CCCCC1)CC1CCC(=O)NC1=O.O=C(Cc1ccncc1N1CCCCC1)CC1CCC(=O)NC1=O. The zero-order valence-electron chi connectivity index (χ0n) is 85.0. The third-order valence-electron chi connectivity index (χ3n) is 29.1. The number of benzene rings is 3. The molecule has 38 nitrogen and oxygen atoms in total. The van der Waals surface area contributed by atoms with Crippen LogP contribution >= 0.6 is 0 Å². The summed E-state index contributed by atoms with van der Waals surface area (Å²) in [5.74, 6) is -5.03. The molecule has 6 unspecified atom stereocenters. The quantitative estimate of drug-likeness (QED) is 0.0267. The number of piperidine rings is 10. The van der Waals surface area contributed by atoms with E-state index in [1.165, 1.54) is 71.8 Å². The van der Waals surface area contributed by atoms with E-state index in [1.807, 2.05) is 91.3 Å². The molecule has 0 saturated carbocycles. The summed E-state index contributed by atoms with van der Waals surface area (Å²) in [7, 11) is 4.87. The van der Waals surface area contributed by atoms with Gasteiger partial charge in [0.25, 0.3) is 0 Å². The number of carbonyl (C=O) groups is 18. The van der Waals surface area contributed by atoms with Gasteiger partial charge in [-0.15, -0.1) is 0 Å². The summed E-state index contributed by atoms with van der Waals surface area (Å²) in [4.78, 5) is 244. The number of carbonyl (C=O) groups excluding carboxylic acids is 18. The first-order chi connectivity index (χ1) is 71.0. The molecule has 3 aromatic carbocycles. The minimum absolute atomic E-state index is 0.0361. The topological polar surface area (TPSA) is 471 Å². The highest BCUT2D eigenvalue weighted by Crippen LogP contribution is 2.33.